The van der Waals surface area contributed by atoms with E-state index in [1.807, 2.05) is 36.5 Å². The molecule has 1 amide bonds. The second-order valence-corrected chi connectivity index (χ2v) is 4.35. The number of hydrogen-bond acceptors (Lipinski definition) is 4. The molecule has 0 aliphatic rings. The van der Waals surface area contributed by atoms with E-state index in [4.69, 9.17) is 10.5 Å². The largest absolute Gasteiger partial charge is 0.383 e. The average Bonchev–Trinajstić information content (AvgIpc) is 2.91. The number of nitrogens with zero attached hydrogens (tertiary/aromatic N) is 2. The lowest BCUT2D eigenvalue weighted by Gasteiger charge is -2.15. The molecular weight excluding hydrogens is 256 g/mol. The van der Waals surface area contributed by atoms with E-state index >= 15 is 0 Å². The second-order valence-electron chi connectivity index (χ2n) is 4.35. The van der Waals surface area contributed by atoms with Gasteiger partial charge in [-0.25, -0.2) is 0 Å². The monoisotopic (exact) mass is 274 g/mol. The molecule has 0 aliphatic carbocycles. The van der Waals surface area contributed by atoms with Crippen molar-refractivity contribution >= 4 is 11.7 Å². The molecule has 0 fully saturated rings. The van der Waals surface area contributed by atoms with E-state index in [2.05, 4.69) is 10.4 Å². The summed E-state index contributed by atoms with van der Waals surface area (Å²) in [5.41, 5.74) is 6.26. The molecule has 0 radical (unpaired) electrons. The van der Waals surface area contributed by atoms with E-state index in [0.717, 1.165) is 5.56 Å². The Morgan fingerprint density at radius 2 is 2.15 bits per heavy atom. The van der Waals surface area contributed by atoms with Crippen molar-refractivity contribution in [3.05, 3.63) is 48.2 Å². The molecule has 2 rings (SSSR count). The van der Waals surface area contributed by atoms with Crippen LogP contribution >= 0.6 is 0 Å². The van der Waals surface area contributed by atoms with Crippen molar-refractivity contribution in [3.63, 3.8) is 0 Å². The number of amides is 1. The van der Waals surface area contributed by atoms with Gasteiger partial charge >= 0.3 is 0 Å². The van der Waals surface area contributed by atoms with E-state index in [-0.39, 0.29) is 0 Å². The highest BCUT2D eigenvalue weighted by Crippen LogP contribution is 2.17. The van der Waals surface area contributed by atoms with Crippen molar-refractivity contribution in [3.8, 4) is 0 Å². The molecule has 0 bridgehead atoms. The third kappa shape index (κ3) is 3.58. The molecule has 6 nitrogen and oxygen atoms in total. The van der Waals surface area contributed by atoms with Crippen LogP contribution in [0.1, 0.15) is 11.6 Å². The maximum atomic E-state index is 11.6. The molecule has 1 aromatic heterocycles. The van der Waals surface area contributed by atoms with Crippen molar-refractivity contribution in [2.45, 2.75) is 12.6 Å². The van der Waals surface area contributed by atoms with Gasteiger partial charge in [0.1, 0.15) is 11.9 Å². The third-order valence-corrected chi connectivity index (χ3v) is 2.87. The van der Waals surface area contributed by atoms with Gasteiger partial charge in [0.05, 0.1) is 13.2 Å². The van der Waals surface area contributed by atoms with Gasteiger partial charge in [0.25, 0.3) is 0 Å². The van der Waals surface area contributed by atoms with Crippen molar-refractivity contribution in [2.75, 3.05) is 19.0 Å². The Bertz CT molecular complexity index is 553. The van der Waals surface area contributed by atoms with Gasteiger partial charge in [-0.1, -0.05) is 30.3 Å². The lowest BCUT2D eigenvalue weighted by atomic mass is 10.1. The van der Waals surface area contributed by atoms with Gasteiger partial charge in [0.2, 0.25) is 5.91 Å². The van der Waals surface area contributed by atoms with Crippen LogP contribution in [0.25, 0.3) is 0 Å². The first kappa shape index (κ1) is 14.1. The number of carbonyl (C=O) groups excluding carboxylic acids is 1. The first-order chi connectivity index (χ1) is 9.70. The van der Waals surface area contributed by atoms with E-state index in [0.29, 0.717) is 19.0 Å². The topological polar surface area (TPSA) is 82.2 Å². The molecule has 106 valence electrons. The molecule has 0 unspecified atom stereocenters. The van der Waals surface area contributed by atoms with Crippen LogP contribution in [0.3, 0.4) is 0 Å². The van der Waals surface area contributed by atoms with Crippen LogP contribution in [0.5, 0.6) is 0 Å². The summed E-state index contributed by atoms with van der Waals surface area (Å²) < 4.78 is 6.73. The van der Waals surface area contributed by atoms with Crippen LogP contribution in [0.2, 0.25) is 0 Å². The minimum absolute atomic E-state index is 0.442. The molecule has 6 heteroatoms. The normalized spacial score (nSPS) is 12.1. The molecule has 0 saturated carbocycles. The Kier molecular flexibility index (Phi) is 4.73. The lowest BCUT2D eigenvalue weighted by Crippen LogP contribution is -2.27. The van der Waals surface area contributed by atoms with Crippen molar-refractivity contribution in [1.82, 2.24) is 9.78 Å². The molecule has 2 aromatic rings. The number of rotatable bonds is 7. The number of carbonyl (C=O) groups is 1. The van der Waals surface area contributed by atoms with Gasteiger partial charge < -0.3 is 15.8 Å². The summed E-state index contributed by atoms with van der Waals surface area (Å²) in [4.78, 5) is 11.6. The molecule has 1 aromatic carbocycles. The molecule has 1 atom stereocenters. The summed E-state index contributed by atoms with van der Waals surface area (Å²) in [6, 6.07) is 10.5. The Morgan fingerprint density at radius 1 is 1.40 bits per heavy atom. The minimum atomic E-state index is -0.595. The highest BCUT2D eigenvalue weighted by Gasteiger charge is 2.18. The SMILES string of the molecule is COCCn1ccc(N[C@@H](C(N)=O)c2ccccc2)n1. The lowest BCUT2D eigenvalue weighted by molar-refractivity contribution is -0.118. The van der Waals surface area contributed by atoms with Gasteiger partial charge in [-0.15, -0.1) is 0 Å². The highest BCUT2D eigenvalue weighted by molar-refractivity contribution is 5.84. The van der Waals surface area contributed by atoms with Crippen LogP contribution < -0.4 is 11.1 Å². The Balaban J connectivity index is 2.09. The van der Waals surface area contributed by atoms with E-state index in [1.165, 1.54) is 0 Å². The Labute approximate surface area is 117 Å². The molecule has 20 heavy (non-hydrogen) atoms. The number of nitrogens with two attached hydrogens (primary N) is 1. The number of anilines is 1. The van der Waals surface area contributed by atoms with Crippen LogP contribution in [-0.4, -0.2) is 29.4 Å². The number of primary amides is 1. The minimum Gasteiger partial charge on any atom is -0.383 e. The summed E-state index contributed by atoms with van der Waals surface area (Å²) in [6.07, 6.45) is 1.82. The molecular formula is C14H18N4O2. The van der Waals surface area contributed by atoms with E-state index in [9.17, 15) is 4.79 Å². The summed E-state index contributed by atoms with van der Waals surface area (Å²) in [6.45, 7) is 1.24. The maximum Gasteiger partial charge on any atom is 0.244 e. The number of aromatic nitrogens is 2. The van der Waals surface area contributed by atoms with E-state index < -0.39 is 11.9 Å². The van der Waals surface area contributed by atoms with Gasteiger partial charge in [-0.2, -0.15) is 5.10 Å². The van der Waals surface area contributed by atoms with Crippen LogP contribution in [-0.2, 0) is 16.1 Å². The van der Waals surface area contributed by atoms with Crippen molar-refractivity contribution < 1.29 is 9.53 Å². The first-order valence-corrected chi connectivity index (χ1v) is 6.34. The molecule has 0 spiro atoms. The maximum absolute atomic E-state index is 11.6. The molecule has 0 saturated heterocycles. The molecule has 0 aliphatic heterocycles. The second kappa shape index (κ2) is 6.72. The highest BCUT2D eigenvalue weighted by atomic mass is 16.5. The molecule has 3 N–H and O–H groups in total. The Morgan fingerprint density at radius 3 is 2.80 bits per heavy atom. The fourth-order valence-corrected chi connectivity index (χ4v) is 1.86. The van der Waals surface area contributed by atoms with Crippen molar-refractivity contribution in [2.24, 2.45) is 5.73 Å². The smallest absolute Gasteiger partial charge is 0.244 e. The quantitative estimate of drug-likeness (QED) is 0.794. The van der Waals surface area contributed by atoms with Gasteiger partial charge in [-0.05, 0) is 5.56 Å². The average molecular weight is 274 g/mol. The summed E-state index contributed by atoms with van der Waals surface area (Å²) in [7, 11) is 1.64. The third-order valence-electron chi connectivity index (χ3n) is 2.87. The van der Waals surface area contributed by atoms with Gasteiger partial charge in [0.15, 0.2) is 0 Å². The molecule has 1 heterocycles. The summed E-state index contributed by atoms with van der Waals surface area (Å²) in [5.74, 6) is 0.163. The first-order valence-electron chi connectivity index (χ1n) is 6.34. The van der Waals surface area contributed by atoms with Crippen LogP contribution in [0.4, 0.5) is 5.82 Å². The summed E-state index contributed by atoms with van der Waals surface area (Å²) in [5, 5.41) is 7.36. The van der Waals surface area contributed by atoms with Crippen LogP contribution in [0.15, 0.2) is 42.6 Å². The fourth-order valence-electron chi connectivity index (χ4n) is 1.86. The predicted molar refractivity (Wildman–Crippen MR) is 76.1 cm³/mol. The standard InChI is InChI=1S/C14H18N4O2/c1-20-10-9-18-8-7-12(17-18)16-13(14(15)19)11-5-3-2-4-6-11/h2-8,13H,9-10H2,1H3,(H2,15,19)(H,16,17)/t13-/m1/s1. The zero-order valence-corrected chi connectivity index (χ0v) is 11.3. The number of hydrogen-bond donors (Lipinski definition) is 2. The van der Waals surface area contributed by atoms with Crippen LogP contribution in [0, 0.1) is 0 Å². The number of methoxy groups -OCH3 is 1. The Hall–Kier alpha value is -2.34. The number of nitrogens with one attached hydrogen (secondary N) is 1. The number of benzene rings is 1. The van der Waals surface area contributed by atoms with Gasteiger partial charge in [-0.3, -0.25) is 9.48 Å². The van der Waals surface area contributed by atoms with Gasteiger partial charge in [0, 0.05) is 19.4 Å². The van der Waals surface area contributed by atoms with Crippen molar-refractivity contribution in [1.29, 1.82) is 0 Å². The zero-order valence-electron chi connectivity index (χ0n) is 11.3. The predicted octanol–water partition coefficient (Wildman–Crippen LogP) is 1.17. The number of ether oxygens (including phenoxy) is 1. The zero-order chi connectivity index (χ0) is 14.4. The van der Waals surface area contributed by atoms with E-state index in [1.54, 1.807) is 17.9 Å². The fraction of sp³-hybridized carbons (Fsp3) is 0.286. The summed E-state index contributed by atoms with van der Waals surface area (Å²) >= 11 is 0.